The third-order valence-electron chi connectivity index (χ3n) is 8.67. The number of carboxylic acid groups (broad SMARTS) is 1. The highest BCUT2D eigenvalue weighted by molar-refractivity contribution is 5.85. The van der Waals surface area contributed by atoms with Gasteiger partial charge in [-0.2, -0.15) is 0 Å². The van der Waals surface area contributed by atoms with Crippen molar-refractivity contribution in [3.05, 3.63) is 101 Å². The van der Waals surface area contributed by atoms with E-state index in [4.69, 9.17) is 4.52 Å². The molecular weight excluding hydrogens is 488 g/mol. The zero-order valence-corrected chi connectivity index (χ0v) is 22.4. The lowest BCUT2D eigenvalue weighted by Gasteiger charge is -2.25. The third-order valence-corrected chi connectivity index (χ3v) is 8.67. The van der Waals surface area contributed by atoms with Crippen LogP contribution in [0.1, 0.15) is 60.5 Å². The summed E-state index contributed by atoms with van der Waals surface area (Å²) in [6, 6.07) is 26.1. The number of aryl methyl sites for hydroxylation is 1. The first-order valence-corrected chi connectivity index (χ1v) is 13.5. The molecule has 2 aliphatic rings. The van der Waals surface area contributed by atoms with Gasteiger partial charge >= 0.3 is 5.97 Å². The van der Waals surface area contributed by atoms with Gasteiger partial charge in [-0.15, -0.1) is 0 Å². The summed E-state index contributed by atoms with van der Waals surface area (Å²) in [6.45, 7) is 4.00. The number of benzene rings is 3. The van der Waals surface area contributed by atoms with Crippen molar-refractivity contribution in [2.24, 2.45) is 5.92 Å². The number of rotatable bonds is 8. The van der Waals surface area contributed by atoms with Crippen molar-refractivity contribution in [3.8, 4) is 22.5 Å². The maximum atomic E-state index is 13.4. The third kappa shape index (κ3) is 4.44. The van der Waals surface area contributed by atoms with Gasteiger partial charge < -0.3 is 14.5 Å². The minimum atomic E-state index is -0.741. The maximum absolute atomic E-state index is 13.4. The van der Waals surface area contributed by atoms with E-state index in [2.05, 4.69) is 24.2 Å². The summed E-state index contributed by atoms with van der Waals surface area (Å²) in [7, 11) is 1.88. The molecule has 3 aromatic carbocycles. The number of carbonyl (C=O) groups excluding carboxylic acids is 1. The summed E-state index contributed by atoms with van der Waals surface area (Å²) in [6.07, 6.45) is 2.19. The molecule has 0 bridgehead atoms. The van der Waals surface area contributed by atoms with Crippen molar-refractivity contribution in [1.29, 1.82) is 0 Å². The van der Waals surface area contributed by atoms with Crippen LogP contribution >= 0.6 is 0 Å². The van der Waals surface area contributed by atoms with E-state index < -0.39 is 11.4 Å². The standard InChI is InChI=1S/C33H32N2O4/c1-20-29(27-19-28(27)31(36)35(3)21(2)22-7-5-4-6-8-22)30(39-34-20)25-11-9-23(10-12-25)24-13-15-26(16-14-24)33(17-18-33)32(37)38/h4-16,21,27-28H,17-19H2,1-3H3,(H,37,38). The molecule has 2 aliphatic carbocycles. The molecular formula is C33H32N2O4. The zero-order valence-electron chi connectivity index (χ0n) is 22.4. The van der Waals surface area contributed by atoms with E-state index in [9.17, 15) is 14.7 Å². The van der Waals surface area contributed by atoms with Crippen LogP contribution in [0.5, 0.6) is 0 Å². The van der Waals surface area contributed by atoms with Crippen LogP contribution in [0.3, 0.4) is 0 Å². The number of nitrogens with zero attached hydrogens (tertiary/aromatic N) is 2. The Morgan fingerprint density at radius 1 is 0.949 bits per heavy atom. The molecule has 3 unspecified atom stereocenters. The van der Waals surface area contributed by atoms with E-state index in [1.165, 1.54) is 0 Å². The Kier molecular flexibility index (Phi) is 6.13. The minimum Gasteiger partial charge on any atom is -0.481 e. The normalized spacial score (nSPS) is 19.8. The van der Waals surface area contributed by atoms with E-state index in [-0.39, 0.29) is 23.8 Å². The van der Waals surface area contributed by atoms with E-state index in [1.54, 1.807) is 0 Å². The molecule has 1 aromatic heterocycles. The number of carbonyl (C=O) groups is 2. The van der Waals surface area contributed by atoms with Crippen LogP contribution in [0, 0.1) is 12.8 Å². The van der Waals surface area contributed by atoms with E-state index in [0.717, 1.165) is 51.3 Å². The minimum absolute atomic E-state index is 0.00328. The van der Waals surface area contributed by atoms with E-state index >= 15 is 0 Å². The fourth-order valence-corrected chi connectivity index (χ4v) is 5.76. The Hall–Kier alpha value is -4.19. The van der Waals surface area contributed by atoms with Crippen LogP contribution in [-0.4, -0.2) is 34.1 Å². The lowest BCUT2D eigenvalue weighted by Crippen LogP contribution is -2.31. The Morgan fingerprint density at radius 2 is 1.54 bits per heavy atom. The fraction of sp³-hybridized carbons (Fsp3) is 0.303. The largest absolute Gasteiger partial charge is 0.481 e. The highest BCUT2D eigenvalue weighted by Gasteiger charge is 2.51. The lowest BCUT2D eigenvalue weighted by atomic mass is 9.93. The van der Waals surface area contributed by atoms with Gasteiger partial charge in [-0.3, -0.25) is 9.59 Å². The summed E-state index contributed by atoms with van der Waals surface area (Å²) in [5, 5.41) is 13.8. The number of hydrogen-bond acceptors (Lipinski definition) is 4. The van der Waals surface area contributed by atoms with Gasteiger partial charge in [-0.1, -0.05) is 84.0 Å². The average molecular weight is 521 g/mol. The summed E-state index contributed by atoms with van der Waals surface area (Å²) in [5.74, 6) is 0.162. The average Bonchev–Trinajstić information content (AvgIpc) is 3.90. The molecule has 4 aromatic rings. The summed E-state index contributed by atoms with van der Waals surface area (Å²) >= 11 is 0. The molecule has 0 saturated heterocycles. The molecule has 0 aliphatic heterocycles. The van der Waals surface area contributed by atoms with Crippen molar-refractivity contribution in [2.45, 2.75) is 50.5 Å². The molecule has 6 rings (SSSR count). The van der Waals surface area contributed by atoms with Gasteiger partial charge in [0, 0.05) is 30.0 Å². The molecule has 3 atom stereocenters. The molecule has 1 N–H and O–H groups in total. The SMILES string of the molecule is Cc1noc(-c2ccc(-c3ccc(C4(C(=O)O)CC4)cc3)cc2)c1C1CC1C(=O)N(C)C(C)c1ccccc1. The van der Waals surface area contributed by atoms with Crippen molar-refractivity contribution < 1.29 is 19.2 Å². The second-order valence-corrected chi connectivity index (χ2v) is 11.0. The molecule has 6 nitrogen and oxygen atoms in total. The van der Waals surface area contributed by atoms with Crippen LogP contribution in [0.2, 0.25) is 0 Å². The van der Waals surface area contributed by atoms with Gasteiger partial charge in [-0.05, 0) is 55.4 Å². The summed E-state index contributed by atoms with van der Waals surface area (Å²) in [5.41, 5.74) is 6.15. The lowest BCUT2D eigenvalue weighted by molar-refractivity contribution is -0.140. The monoisotopic (exact) mass is 520 g/mol. The predicted molar refractivity (Wildman–Crippen MR) is 149 cm³/mol. The maximum Gasteiger partial charge on any atom is 0.314 e. The smallest absolute Gasteiger partial charge is 0.314 e. The second kappa shape index (κ2) is 9.53. The molecule has 39 heavy (non-hydrogen) atoms. The van der Waals surface area contributed by atoms with Gasteiger partial charge in [-0.25, -0.2) is 0 Å². The quantitative estimate of drug-likeness (QED) is 0.278. The Morgan fingerprint density at radius 3 is 2.13 bits per heavy atom. The second-order valence-electron chi connectivity index (χ2n) is 11.0. The molecule has 2 saturated carbocycles. The molecule has 1 heterocycles. The number of amides is 1. The Labute approximate surface area is 228 Å². The van der Waals surface area contributed by atoms with Crippen molar-refractivity contribution in [2.75, 3.05) is 7.05 Å². The molecule has 0 radical (unpaired) electrons. The van der Waals surface area contributed by atoms with Gasteiger partial charge in [0.2, 0.25) is 5.91 Å². The fourth-order valence-electron chi connectivity index (χ4n) is 5.76. The van der Waals surface area contributed by atoms with Crippen molar-refractivity contribution in [3.63, 3.8) is 0 Å². The summed E-state index contributed by atoms with van der Waals surface area (Å²) in [4.78, 5) is 26.8. The van der Waals surface area contributed by atoms with Crippen LogP contribution in [0.15, 0.2) is 83.4 Å². The first-order valence-electron chi connectivity index (χ1n) is 13.5. The first kappa shape index (κ1) is 25.1. The molecule has 6 heteroatoms. The van der Waals surface area contributed by atoms with Crippen LogP contribution in [0.4, 0.5) is 0 Å². The zero-order chi connectivity index (χ0) is 27.3. The number of aliphatic carboxylic acids is 1. The van der Waals surface area contributed by atoms with Crippen LogP contribution in [-0.2, 0) is 15.0 Å². The van der Waals surface area contributed by atoms with Gasteiger partial charge in [0.05, 0.1) is 17.2 Å². The topological polar surface area (TPSA) is 83.6 Å². The van der Waals surface area contributed by atoms with Gasteiger partial charge in [0.15, 0.2) is 5.76 Å². The predicted octanol–water partition coefficient (Wildman–Crippen LogP) is 6.76. The van der Waals surface area contributed by atoms with Gasteiger partial charge in [0.25, 0.3) is 0 Å². The van der Waals surface area contributed by atoms with Crippen LogP contribution in [0.25, 0.3) is 22.5 Å². The highest BCUT2D eigenvalue weighted by Crippen LogP contribution is 2.53. The number of carboxylic acids is 1. The number of hydrogen-bond donors (Lipinski definition) is 1. The molecule has 0 spiro atoms. The number of aromatic nitrogens is 1. The van der Waals surface area contributed by atoms with E-state index in [0.29, 0.717) is 12.8 Å². The van der Waals surface area contributed by atoms with Crippen LogP contribution < -0.4 is 0 Å². The molecule has 1 amide bonds. The summed E-state index contributed by atoms with van der Waals surface area (Å²) < 4.78 is 5.79. The molecule has 198 valence electrons. The molecule has 2 fully saturated rings. The van der Waals surface area contributed by atoms with Crippen molar-refractivity contribution in [1.82, 2.24) is 10.1 Å². The van der Waals surface area contributed by atoms with Gasteiger partial charge in [0.1, 0.15) is 0 Å². The van der Waals surface area contributed by atoms with E-state index in [1.807, 2.05) is 85.6 Å². The Bertz CT molecular complexity index is 1520. The Balaban J connectivity index is 1.18. The highest BCUT2D eigenvalue weighted by atomic mass is 16.5. The van der Waals surface area contributed by atoms with Crippen molar-refractivity contribution >= 4 is 11.9 Å². The first-order chi connectivity index (χ1) is 18.8.